The highest BCUT2D eigenvalue weighted by Gasteiger charge is 2.56. The minimum absolute atomic E-state index is 0.0191. The summed E-state index contributed by atoms with van der Waals surface area (Å²) in [5.41, 5.74) is 0. The van der Waals surface area contributed by atoms with Crippen molar-refractivity contribution in [3.63, 3.8) is 0 Å². The first-order valence-corrected chi connectivity index (χ1v) is 5.92. The van der Waals surface area contributed by atoms with Gasteiger partial charge in [0.05, 0.1) is 0 Å². The molecule has 0 unspecified atom stereocenters. The average molecular weight is 304 g/mol. The van der Waals surface area contributed by atoms with Crippen molar-refractivity contribution >= 4 is 31.9 Å². The molecule has 0 radical (unpaired) electrons. The van der Waals surface area contributed by atoms with Crippen molar-refractivity contribution in [2.24, 2.45) is 17.8 Å². The van der Waals surface area contributed by atoms with Gasteiger partial charge in [-0.05, 0) is 47.0 Å². The van der Waals surface area contributed by atoms with Crippen LogP contribution in [-0.4, -0.2) is 9.66 Å². The van der Waals surface area contributed by atoms with Crippen molar-refractivity contribution in [1.29, 1.82) is 0 Å². The summed E-state index contributed by atoms with van der Waals surface area (Å²) in [6.45, 7) is 0. The van der Waals surface area contributed by atoms with Crippen molar-refractivity contribution in [3.05, 3.63) is 0 Å². The van der Waals surface area contributed by atoms with Crippen LogP contribution >= 0.6 is 31.9 Å². The minimum atomic E-state index is -2.68. The molecule has 0 spiro atoms. The summed E-state index contributed by atoms with van der Waals surface area (Å²) in [6, 6.07) is 0. The summed E-state index contributed by atoms with van der Waals surface area (Å²) in [6.07, 6.45) is 3.10. The SMILES string of the molecule is FC(F)(Br)[C@H]1[C@@H]2CC[C@@H](C2)[C@H]1Br. The number of hydrogen-bond donors (Lipinski definition) is 0. The molecule has 0 aliphatic heterocycles. The molecule has 0 saturated heterocycles. The van der Waals surface area contributed by atoms with E-state index in [4.69, 9.17) is 0 Å². The molecule has 2 fully saturated rings. The topological polar surface area (TPSA) is 0 Å². The Balaban J connectivity index is 2.17. The Hall–Kier alpha value is 0.820. The Morgan fingerprint density at radius 3 is 2.08 bits per heavy atom. The highest BCUT2D eigenvalue weighted by atomic mass is 79.9. The monoisotopic (exact) mass is 302 g/mol. The zero-order valence-electron chi connectivity index (χ0n) is 6.44. The second-order valence-electron chi connectivity index (χ2n) is 3.85. The Kier molecular flexibility index (Phi) is 2.27. The molecule has 0 aromatic heterocycles. The van der Waals surface area contributed by atoms with Gasteiger partial charge in [0, 0.05) is 10.7 Å². The third-order valence-corrected chi connectivity index (χ3v) is 5.04. The van der Waals surface area contributed by atoms with Crippen molar-refractivity contribution in [2.45, 2.75) is 28.9 Å². The van der Waals surface area contributed by atoms with Gasteiger partial charge in [0.1, 0.15) is 0 Å². The molecule has 2 aliphatic carbocycles. The van der Waals surface area contributed by atoms with Crippen LogP contribution in [-0.2, 0) is 0 Å². The zero-order valence-corrected chi connectivity index (χ0v) is 9.61. The third kappa shape index (κ3) is 1.35. The van der Waals surface area contributed by atoms with Crippen LogP contribution in [0.15, 0.2) is 0 Å². The molecule has 0 amide bonds. The summed E-state index contributed by atoms with van der Waals surface area (Å²) >= 11 is 5.87. The number of alkyl halides is 4. The minimum Gasteiger partial charge on any atom is -0.193 e. The van der Waals surface area contributed by atoms with Crippen molar-refractivity contribution in [3.8, 4) is 0 Å². The Morgan fingerprint density at radius 1 is 1.17 bits per heavy atom. The second kappa shape index (κ2) is 2.91. The van der Waals surface area contributed by atoms with Crippen LogP contribution in [0.4, 0.5) is 8.78 Å². The van der Waals surface area contributed by atoms with Gasteiger partial charge in [0.2, 0.25) is 0 Å². The van der Waals surface area contributed by atoms with Gasteiger partial charge in [-0.25, -0.2) is 0 Å². The van der Waals surface area contributed by atoms with Crippen LogP contribution in [0.5, 0.6) is 0 Å². The van der Waals surface area contributed by atoms with Gasteiger partial charge >= 0.3 is 4.83 Å². The fourth-order valence-electron chi connectivity index (χ4n) is 2.67. The highest BCUT2D eigenvalue weighted by molar-refractivity contribution is 9.10. The Bertz CT molecular complexity index is 188. The standard InChI is InChI=1S/C8H10Br2F2/c9-7-5-2-1-4(3-5)6(7)8(10,11)12/h4-7H,1-3H2/t4-,5+,6+,7-/m1/s1. The van der Waals surface area contributed by atoms with Gasteiger partial charge in [0.15, 0.2) is 0 Å². The van der Waals surface area contributed by atoms with E-state index in [1.54, 1.807) is 0 Å². The van der Waals surface area contributed by atoms with E-state index in [9.17, 15) is 8.78 Å². The van der Waals surface area contributed by atoms with Gasteiger partial charge in [-0.3, -0.25) is 0 Å². The number of halogens is 4. The molecule has 0 heterocycles. The van der Waals surface area contributed by atoms with E-state index < -0.39 is 10.7 Å². The lowest BCUT2D eigenvalue weighted by molar-refractivity contribution is 0.0220. The molecule has 0 aromatic carbocycles. The molecule has 12 heavy (non-hydrogen) atoms. The third-order valence-electron chi connectivity index (χ3n) is 3.19. The smallest absolute Gasteiger partial charge is 0.193 e. The first kappa shape index (κ1) is 9.38. The van der Waals surface area contributed by atoms with Crippen LogP contribution in [0.2, 0.25) is 0 Å². The number of hydrogen-bond acceptors (Lipinski definition) is 0. The van der Waals surface area contributed by atoms with Crippen LogP contribution < -0.4 is 0 Å². The molecular weight excluding hydrogens is 294 g/mol. The lowest BCUT2D eigenvalue weighted by Crippen LogP contribution is -2.34. The van der Waals surface area contributed by atoms with Crippen LogP contribution in [0, 0.1) is 17.8 Å². The maximum atomic E-state index is 13.0. The highest BCUT2D eigenvalue weighted by Crippen LogP contribution is 2.57. The van der Waals surface area contributed by atoms with Gasteiger partial charge in [0.25, 0.3) is 0 Å². The molecule has 2 saturated carbocycles. The van der Waals surface area contributed by atoms with Gasteiger partial charge < -0.3 is 0 Å². The molecule has 0 N–H and O–H groups in total. The quantitative estimate of drug-likeness (QED) is 0.647. The first-order valence-electron chi connectivity index (χ1n) is 4.21. The van der Waals surface area contributed by atoms with Gasteiger partial charge in [-0.2, -0.15) is 8.78 Å². The van der Waals surface area contributed by atoms with Crippen LogP contribution in [0.1, 0.15) is 19.3 Å². The van der Waals surface area contributed by atoms with E-state index >= 15 is 0 Å². The van der Waals surface area contributed by atoms with E-state index in [2.05, 4.69) is 31.9 Å². The van der Waals surface area contributed by atoms with Crippen molar-refractivity contribution < 1.29 is 8.78 Å². The summed E-state index contributed by atoms with van der Waals surface area (Å²) in [5, 5.41) is 0. The fraction of sp³-hybridized carbons (Fsp3) is 1.00. The van der Waals surface area contributed by atoms with E-state index in [-0.39, 0.29) is 10.7 Å². The fourth-order valence-corrected chi connectivity index (χ4v) is 4.93. The summed E-state index contributed by atoms with van der Waals surface area (Å²) < 4.78 is 26.0. The molecule has 2 rings (SSSR count). The Labute approximate surface area is 87.3 Å². The van der Waals surface area contributed by atoms with Crippen molar-refractivity contribution in [1.82, 2.24) is 0 Å². The van der Waals surface area contributed by atoms with E-state index in [1.807, 2.05) is 0 Å². The predicted molar refractivity (Wildman–Crippen MR) is 50.9 cm³/mol. The zero-order chi connectivity index (χ0) is 8.93. The summed E-state index contributed by atoms with van der Waals surface area (Å²) in [4.78, 5) is -2.66. The number of rotatable bonds is 1. The molecule has 2 bridgehead atoms. The van der Waals surface area contributed by atoms with Crippen LogP contribution in [0.25, 0.3) is 0 Å². The van der Waals surface area contributed by atoms with E-state index in [0.717, 1.165) is 19.3 Å². The molecule has 70 valence electrons. The average Bonchev–Trinajstić information content (AvgIpc) is 2.42. The maximum Gasteiger partial charge on any atom is 0.305 e. The van der Waals surface area contributed by atoms with E-state index in [1.165, 1.54) is 0 Å². The molecular formula is C8H10Br2F2. The van der Waals surface area contributed by atoms with Crippen molar-refractivity contribution in [2.75, 3.05) is 0 Å². The largest absolute Gasteiger partial charge is 0.305 e. The lowest BCUT2D eigenvalue weighted by atomic mass is 9.89. The van der Waals surface area contributed by atoms with Gasteiger partial charge in [-0.1, -0.05) is 15.9 Å². The molecule has 4 heteroatoms. The lowest BCUT2D eigenvalue weighted by Gasteiger charge is -2.30. The molecule has 0 nitrogen and oxygen atoms in total. The maximum absolute atomic E-state index is 13.0. The Morgan fingerprint density at radius 2 is 1.75 bits per heavy atom. The second-order valence-corrected chi connectivity index (χ2v) is 5.96. The summed E-state index contributed by atoms with van der Waals surface area (Å²) in [7, 11) is 0. The van der Waals surface area contributed by atoms with E-state index in [0.29, 0.717) is 5.92 Å². The van der Waals surface area contributed by atoms with Crippen LogP contribution in [0.3, 0.4) is 0 Å². The molecule has 4 atom stereocenters. The number of fused-ring (bicyclic) bond motifs is 2. The molecule has 0 aromatic rings. The summed E-state index contributed by atoms with van der Waals surface area (Å²) in [5.74, 6) is 0.230. The molecule has 2 aliphatic rings. The normalized spacial score (nSPS) is 47.0. The van der Waals surface area contributed by atoms with Gasteiger partial charge in [-0.15, -0.1) is 0 Å². The predicted octanol–water partition coefficient (Wildman–Crippen LogP) is 3.78. The first-order chi connectivity index (χ1) is 5.50.